The van der Waals surface area contributed by atoms with Gasteiger partial charge in [0, 0.05) is 18.5 Å². The van der Waals surface area contributed by atoms with Crippen LogP contribution in [0.15, 0.2) is 30.3 Å². The molecular weight excluding hydrogens is 241 g/mol. The molecule has 1 atom stereocenters. The normalized spacial score (nSPS) is 20.7. The van der Waals surface area contributed by atoms with Gasteiger partial charge in [-0.2, -0.15) is 0 Å². The maximum absolute atomic E-state index is 5.82. The van der Waals surface area contributed by atoms with Gasteiger partial charge in [0.1, 0.15) is 0 Å². The number of hydrogen-bond acceptors (Lipinski definition) is 1. The lowest BCUT2D eigenvalue weighted by Gasteiger charge is -2.23. The van der Waals surface area contributed by atoms with E-state index < -0.39 is 0 Å². The number of likely N-dealkylation sites (tertiary alicyclic amines) is 1. The minimum atomic E-state index is 0. The van der Waals surface area contributed by atoms with Crippen LogP contribution in [0.4, 0.5) is 0 Å². The quantitative estimate of drug-likeness (QED) is 0.746. The summed E-state index contributed by atoms with van der Waals surface area (Å²) in [6, 6.07) is 11.4. The molecule has 0 spiro atoms. The van der Waals surface area contributed by atoms with Crippen molar-refractivity contribution in [3.8, 4) is 0 Å². The van der Waals surface area contributed by atoms with E-state index in [1.54, 1.807) is 0 Å². The summed E-state index contributed by atoms with van der Waals surface area (Å²) in [5.41, 5.74) is 1.42. The molecule has 1 fully saturated rings. The number of alkyl halides is 1. The molecule has 0 saturated carbocycles. The lowest BCUT2D eigenvalue weighted by atomic mass is 10.1. The van der Waals surface area contributed by atoms with Gasteiger partial charge in [-0.1, -0.05) is 30.3 Å². The Balaban J connectivity index is 0.00000128. The average Bonchev–Trinajstić information content (AvgIpc) is 2.68. The molecule has 0 N–H and O–H groups in total. The van der Waals surface area contributed by atoms with Crippen LogP contribution in [0, 0.1) is 0 Å². The predicted molar refractivity (Wildman–Crippen MR) is 72.5 cm³/mol. The molecule has 1 heterocycles. The monoisotopic (exact) mass is 259 g/mol. The van der Waals surface area contributed by atoms with Crippen LogP contribution < -0.4 is 0 Å². The third-order valence-electron chi connectivity index (χ3n) is 3.17. The first kappa shape index (κ1) is 13.8. The van der Waals surface area contributed by atoms with Gasteiger partial charge in [0.05, 0.1) is 0 Å². The molecule has 16 heavy (non-hydrogen) atoms. The molecule has 1 saturated heterocycles. The van der Waals surface area contributed by atoms with Crippen molar-refractivity contribution in [1.82, 2.24) is 4.90 Å². The van der Waals surface area contributed by atoms with Crippen molar-refractivity contribution >= 4 is 24.0 Å². The van der Waals surface area contributed by atoms with Crippen molar-refractivity contribution in [2.24, 2.45) is 0 Å². The average molecular weight is 260 g/mol. The topological polar surface area (TPSA) is 3.24 Å². The van der Waals surface area contributed by atoms with Crippen molar-refractivity contribution in [2.45, 2.75) is 31.8 Å². The van der Waals surface area contributed by atoms with E-state index in [1.165, 1.54) is 24.9 Å². The zero-order chi connectivity index (χ0) is 10.5. The van der Waals surface area contributed by atoms with Crippen LogP contribution in [0.3, 0.4) is 0 Å². The second-order valence-electron chi connectivity index (χ2n) is 4.23. The number of halogens is 2. The zero-order valence-electron chi connectivity index (χ0n) is 9.44. The van der Waals surface area contributed by atoms with Crippen LogP contribution in [0.1, 0.15) is 24.8 Å². The largest absolute Gasteiger partial charge is 0.296 e. The first-order valence-electron chi connectivity index (χ1n) is 5.74. The fourth-order valence-electron chi connectivity index (χ4n) is 2.37. The summed E-state index contributed by atoms with van der Waals surface area (Å²) >= 11 is 5.82. The van der Waals surface area contributed by atoms with Crippen molar-refractivity contribution in [1.29, 1.82) is 0 Å². The van der Waals surface area contributed by atoms with Crippen molar-refractivity contribution in [2.75, 3.05) is 12.4 Å². The summed E-state index contributed by atoms with van der Waals surface area (Å²) in [5.74, 6) is 0.788. The molecule has 1 aromatic rings. The van der Waals surface area contributed by atoms with Gasteiger partial charge in [-0.15, -0.1) is 24.0 Å². The van der Waals surface area contributed by atoms with Gasteiger partial charge in [0.15, 0.2) is 0 Å². The van der Waals surface area contributed by atoms with Crippen LogP contribution in [-0.4, -0.2) is 23.4 Å². The molecule has 90 valence electrons. The molecule has 2 rings (SSSR count). The fourth-order valence-corrected chi connectivity index (χ4v) is 2.63. The number of rotatable bonds is 4. The fraction of sp³-hybridized carbons (Fsp3) is 0.538. The first-order chi connectivity index (χ1) is 7.40. The standard InChI is InChI=1S/C13H18ClN.ClH/c14-9-8-13-7-4-10-15(13)11-12-5-2-1-3-6-12;/h1-3,5-6,13H,4,7-11H2;1H. The molecule has 1 nitrogen and oxygen atoms in total. The maximum Gasteiger partial charge on any atom is 0.0238 e. The van der Waals surface area contributed by atoms with Gasteiger partial charge < -0.3 is 0 Å². The summed E-state index contributed by atoms with van der Waals surface area (Å²) in [5, 5.41) is 0. The van der Waals surface area contributed by atoms with Crippen molar-refractivity contribution in [3.05, 3.63) is 35.9 Å². The van der Waals surface area contributed by atoms with Crippen LogP contribution in [0.25, 0.3) is 0 Å². The Morgan fingerprint density at radius 2 is 2.00 bits per heavy atom. The minimum Gasteiger partial charge on any atom is -0.296 e. The predicted octanol–water partition coefficient (Wildman–Crippen LogP) is 3.70. The molecule has 0 radical (unpaired) electrons. The van der Waals surface area contributed by atoms with Crippen LogP contribution >= 0.6 is 24.0 Å². The highest BCUT2D eigenvalue weighted by Gasteiger charge is 2.23. The molecule has 1 aliphatic rings. The Hall–Kier alpha value is -0.240. The highest BCUT2D eigenvalue weighted by molar-refractivity contribution is 6.17. The third-order valence-corrected chi connectivity index (χ3v) is 3.39. The highest BCUT2D eigenvalue weighted by Crippen LogP contribution is 2.22. The Labute approximate surface area is 109 Å². The van der Waals surface area contributed by atoms with E-state index in [9.17, 15) is 0 Å². The molecule has 3 heteroatoms. The lowest BCUT2D eigenvalue weighted by molar-refractivity contribution is 0.241. The lowest BCUT2D eigenvalue weighted by Crippen LogP contribution is -2.29. The molecule has 1 aliphatic heterocycles. The summed E-state index contributed by atoms with van der Waals surface area (Å²) < 4.78 is 0. The number of benzene rings is 1. The van der Waals surface area contributed by atoms with Gasteiger partial charge in [-0.3, -0.25) is 4.90 Å². The van der Waals surface area contributed by atoms with Gasteiger partial charge in [0.25, 0.3) is 0 Å². The first-order valence-corrected chi connectivity index (χ1v) is 6.27. The third kappa shape index (κ3) is 3.65. The zero-order valence-corrected chi connectivity index (χ0v) is 11.0. The Bertz CT molecular complexity index is 289. The maximum atomic E-state index is 5.82. The molecule has 0 aromatic heterocycles. The van der Waals surface area contributed by atoms with Gasteiger partial charge >= 0.3 is 0 Å². The summed E-state index contributed by atoms with van der Waals surface area (Å²) in [6.07, 6.45) is 3.78. The van der Waals surface area contributed by atoms with Crippen LogP contribution in [0.2, 0.25) is 0 Å². The smallest absolute Gasteiger partial charge is 0.0238 e. The van der Waals surface area contributed by atoms with E-state index in [1.807, 2.05) is 0 Å². The molecule has 1 unspecified atom stereocenters. The molecule has 0 amide bonds. The summed E-state index contributed by atoms with van der Waals surface area (Å²) in [4.78, 5) is 2.57. The molecule has 0 aliphatic carbocycles. The van der Waals surface area contributed by atoms with Gasteiger partial charge in [0.2, 0.25) is 0 Å². The summed E-state index contributed by atoms with van der Waals surface area (Å²) in [6.45, 7) is 2.32. The Kier molecular flexibility index (Phi) is 6.18. The van der Waals surface area contributed by atoms with Crippen molar-refractivity contribution < 1.29 is 0 Å². The Morgan fingerprint density at radius 3 is 2.69 bits per heavy atom. The van der Waals surface area contributed by atoms with Crippen LogP contribution in [0.5, 0.6) is 0 Å². The van der Waals surface area contributed by atoms with E-state index in [0.717, 1.165) is 18.8 Å². The second-order valence-corrected chi connectivity index (χ2v) is 4.61. The summed E-state index contributed by atoms with van der Waals surface area (Å²) in [7, 11) is 0. The van der Waals surface area contributed by atoms with Gasteiger partial charge in [-0.25, -0.2) is 0 Å². The molecular formula is C13H19Cl2N. The van der Waals surface area contributed by atoms with E-state index in [4.69, 9.17) is 11.6 Å². The van der Waals surface area contributed by atoms with Gasteiger partial charge in [-0.05, 0) is 31.4 Å². The number of hydrogen-bond donors (Lipinski definition) is 0. The minimum absolute atomic E-state index is 0. The molecule has 1 aromatic carbocycles. The van der Waals surface area contributed by atoms with Crippen LogP contribution in [-0.2, 0) is 6.54 Å². The Morgan fingerprint density at radius 1 is 1.25 bits per heavy atom. The molecule has 0 bridgehead atoms. The van der Waals surface area contributed by atoms with E-state index >= 15 is 0 Å². The highest BCUT2D eigenvalue weighted by atomic mass is 35.5. The SMILES string of the molecule is Cl.ClCCC1CCCN1Cc1ccccc1. The van der Waals surface area contributed by atoms with E-state index in [2.05, 4.69) is 35.2 Å². The van der Waals surface area contributed by atoms with Crippen molar-refractivity contribution in [3.63, 3.8) is 0 Å². The van der Waals surface area contributed by atoms with E-state index in [0.29, 0.717) is 6.04 Å². The second kappa shape index (κ2) is 7.16. The number of nitrogens with zero attached hydrogens (tertiary/aromatic N) is 1. The van der Waals surface area contributed by atoms with E-state index in [-0.39, 0.29) is 12.4 Å².